The number of rotatable bonds is 3. The van der Waals surface area contributed by atoms with Crippen molar-refractivity contribution in [1.29, 1.82) is 0 Å². The van der Waals surface area contributed by atoms with Crippen LogP contribution in [0.4, 0.5) is 19.0 Å². The Balaban J connectivity index is 1.47. The van der Waals surface area contributed by atoms with Gasteiger partial charge in [-0.25, -0.2) is 9.97 Å². The van der Waals surface area contributed by atoms with Crippen LogP contribution in [0.15, 0.2) is 18.2 Å². The first-order valence-electron chi connectivity index (χ1n) is 9.95. The lowest BCUT2D eigenvalue weighted by Crippen LogP contribution is -2.45. The molecule has 1 aliphatic heterocycles. The number of benzene rings is 1. The third kappa shape index (κ3) is 4.35. The number of aromatic nitrogens is 2. The minimum atomic E-state index is -4.41. The van der Waals surface area contributed by atoms with Crippen molar-refractivity contribution in [2.24, 2.45) is 0 Å². The Kier molecular flexibility index (Phi) is 5.65. The second kappa shape index (κ2) is 8.03. The molecule has 0 unspecified atom stereocenters. The van der Waals surface area contributed by atoms with Gasteiger partial charge in [-0.05, 0) is 55.5 Å². The summed E-state index contributed by atoms with van der Waals surface area (Å²) in [6.45, 7) is 2.08. The molecule has 0 bridgehead atoms. The Hall–Kier alpha value is -1.60. The van der Waals surface area contributed by atoms with Crippen molar-refractivity contribution in [3.8, 4) is 0 Å². The molecule has 2 heterocycles. The third-order valence-corrected chi connectivity index (χ3v) is 6.13. The zero-order chi connectivity index (χ0) is 19.7. The fraction of sp³-hybridized carbons (Fsp3) is 0.600. The minimum Gasteiger partial charge on any atom is -0.367 e. The van der Waals surface area contributed by atoms with Crippen molar-refractivity contribution in [3.05, 3.63) is 29.0 Å². The molecule has 0 amide bonds. The molecule has 2 aliphatic rings. The standard InChI is InChI=1S/C20H24ClF3N4/c21-19-26-17-12-13(20(22,23)24)6-7-16(17)18(27-19)25-14-8-10-28(11-9-14)15-4-2-1-3-5-15/h6-7,12,14-15H,1-5,8-11H2,(H,25,26,27). The van der Waals surface area contributed by atoms with Crippen molar-refractivity contribution < 1.29 is 13.2 Å². The van der Waals surface area contributed by atoms with E-state index in [1.807, 2.05) is 0 Å². The van der Waals surface area contributed by atoms with Gasteiger partial charge in [-0.2, -0.15) is 13.2 Å². The van der Waals surface area contributed by atoms with Gasteiger partial charge in [0.2, 0.25) is 5.28 Å². The second-order valence-electron chi connectivity index (χ2n) is 7.82. The van der Waals surface area contributed by atoms with Gasteiger partial charge in [0.1, 0.15) is 5.82 Å². The van der Waals surface area contributed by atoms with E-state index in [1.165, 1.54) is 38.2 Å². The lowest BCUT2D eigenvalue weighted by atomic mass is 9.92. The van der Waals surface area contributed by atoms with Gasteiger partial charge in [0.05, 0.1) is 11.1 Å². The molecular formula is C20H24ClF3N4. The normalized spacial score (nSPS) is 20.6. The SMILES string of the molecule is FC(F)(F)c1ccc2c(NC3CCN(C4CCCCC4)CC3)nc(Cl)nc2c1. The maximum Gasteiger partial charge on any atom is 0.416 e. The van der Waals surface area contributed by atoms with Crippen LogP contribution in [-0.2, 0) is 6.18 Å². The van der Waals surface area contributed by atoms with Crippen LogP contribution in [0, 0.1) is 0 Å². The molecule has 8 heteroatoms. The molecule has 1 aromatic carbocycles. The summed E-state index contributed by atoms with van der Waals surface area (Å²) in [6, 6.07) is 4.46. The Morgan fingerprint density at radius 1 is 1.00 bits per heavy atom. The Morgan fingerprint density at radius 3 is 2.39 bits per heavy atom. The van der Waals surface area contributed by atoms with Gasteiger partial charge < -0.3 is 10.2 Å². The number of fused-ring (bicyclic) bond motifs is 1. The summed E-state index contributed by atoms with van der Waals surface area (Å²) in [6.07, 6.45) is 4.16. The fourth-order valence-corrected chi connectivity index (χ4v) is 4.61. The molecule has 1 aliphatic carbocycles. The van der Waals surface area contributed by atoms with Crippen LogP contribution in [0.2, 0.25) is 5.28 Å². The molecule has 0 spiro atoms. The number of hydrogen-bond donors (Lipinski definition) is 1. The first-order valence-corrected chi connectivity index (χ1v) is 10.3. The Morgan fingerprint density at radius 2 is 1.71 bits per heavy atom. The molecule has 0 atom stereocenters. The molecule has 2 fully saturated rings. The monoisotopic (exact) mass is 412 g/mol. The summed E-state index contributed by atoms with van der Waals surface area (Å²) in [4.78, 5) is 10.8. The maximum atomic E-state index is 13.0. The molecule has 4 nitrogen and oxygen atoms in total. The van der Waals surface area contributed by atoms with E-state index in [4.69, 9.17) is 11.6 Å². The van der Waals surface area contributed by atoms with Crippen molar-refractivity contribution in [3.63, 3.8) is 0 Å². The highest BCUT2D eigenvalue weighted by Gasteiger charge is 2.31. The first kappa shape index (κ1) is 19.7. The summed E-state index contributed by atoms with van der Waals surface area (Å²) in [5, 5.41) is 3.92. The average Bonchev–Trinajstić information content (AvgIpc) is 2.68. The van der Waals surface area contributed by atoms with Gasteiger partial charge >= 0.3 is 6.18 Å². The van der Waals surface area contributed by atoms with Gasteiger partial charge in [-0.3, -0.25) is 0 Å². The van der Waals surface area contributed by atoms with Gasteiger partial charge in [-0.1, -0.05) is 19.3 Å². The van der Waals surface area contributed by atoms with Crippen molar-refractivity contribution >= 4 is 28.3 Å². The van der Waals surface area contributed by atoms with Crippen LogP contribution in [0.3, 0.4) is 0 Å². The van der Waals surface area contributed by atoms with Crippen LogP contribution >= 0.6 is 11.6 Å². The van der Waals surface area contributed by atoms with Crippen molar-refractivity contribution in [2.45, 2.75) is 63.2 Å². The predicted octanol–water partition coefficient (Wildman–Crippen LogP) is 5.51. The van der Waals surface area contributed by atoms with Crippen molar-refractivity contribution in [2.75, 3.05) is 18.4 Å². The van der Waals surface area contributed by atoms with E-state index in [0.29, 0.717) is 17.2 Å². The zero-order valence-corrected chi connectivity index (χ0v) is 16.4. The van der Waals surface area contributed by atoms with Crippen LogP contribution in [-0.4, -0.2) is 40.0 Å². The number of piperidine rings is 1. The smallest absolute Gasteiger partial charge is 0.367 e. The number of alkyl halides is 3. The summed E-state index contributed by atoms with van der Waals surface area (Å²) < 4.78 is 38.9. The fourth-order valence-electron chi connectivity index (χ4n) is 4.44. The molecule has 4 rings (SSSR count). The minimum absolute atomic E-state index is 0.0473. The molecule has 1 saturated carbocycles. The highest BCUT2D eigenvalue weighted by molar-refractivity contribution is 6.28. The molecule has 28 heavy (non-hydrogen) atoms. The number of halogens is 4. The lowest BCUT2D eigenvalue weighted by molar-refractivity contribution is -0.137. The average molecular weight is 413 g/mol. The largest absolute Gasteiger partial charge is 0.416 e. The third-order valence-electron chi connectivity index (χ3n) is 5.96. The number of nitrogens with zero attached hydrogens (tertiary/aromatic N) is 3. The highest BCUT2D eigenvalue weighted by Crippen LogP contribution is 2.33. The van der Waals surface area contributed by atoms with E-state index in [-0.39, 0.29) is 16.8 Å². The molecule has 152 valence electrons. The topological polar surface area (TPSA) is 41.0 Å². The summed E-state index contributed by atoms with van der Waals surface area (Å²) in [7, 11) is 0. The van der Waals surface area contributed by atoms with E-state index >= 15 is 0 Å². The quantitative estimate of drug-likeness (QED) is 0.675. The summed E-state index contributed by atoms with van der Waals surface area (Å²) >= 11 is 5.98. The molecule has 1 N–H and O–H groups in total. The van der Waals surface area contributed by atoms with E-state index in [2.05, 4.69) is 20.2 Å². The lowest BCUT2D eigenvalue weighted by Gasteiger charge is -2.39. The van der Waals surface area contributed by atoms with Gasteiger partial charge in [0, 0.05) is 30.6 Å². The summed E-state index contributed by atoms with van der Waals surface area (Å²) in [5.74, 6) is 0.514. The Labute approximate surface area is 167 Å². The number of anilines is 1. The van der Waals surface area contributed by atoms with Crippen LogP contribution in [0.1, 0.15) is 50.5 Å². The molecular weight excluding hydrogens is 389 g/mol. The van der Waals surface area contributed by atoms with E-state index < -0.39 is 11.7 Å². The number of likely N-dealkylation sites (tertiary alicyclic amines) is 1. The molecule has 1 saturated heterocycles. The maximum absolute atomic E-state index is 13.0. The first-order chi connectivity index (χ1) is 13.4. The number of hydrogen-bond acceptors (Lipinski definition) is 4. The summed E-state index contributed by atoms with van der Waals surface area (Å²) in [5.41, 5.74) is -0.529. The van der Waals surface area contributed by atoms with Crippen LogP contribution in [0.5, 0.6) is 0 Å². The predicted molar refractivity (Wildman–Crippen MR) is 105 cm³/mol. The zero-order valence-electron chi connectivity index (χ0n) is 15.6. The van der Waals surface area contributed by atoms with E-state index in [0.717, 1.165) is 38.1 Å². The van der Waals surface area contributed by atoms with Gasteiger partial charge in [0.25, 0.3) is 0 Å². The molecule has 0 radical (unpaired) electrons. The van der Waals surface area contributed by atoms with E-state index in [1.54, 1.807) is 0 Å². The van der Waals surface area contributed by atoms with Crippen LogP contribution < -0.4 is 5.32 Å². The highest BCUT2D eigenvalue weighted by atomic mass is 35.5. The van der Waals surface area contributed by atoms with Crippen molar-refractivity contribution in [1.82, 2.24) is 14.9 Å². The molecule has 1 aromatic heterocycles. The van der Waals surface area contributed by atoms with Gasteiger partial charge in [-0.15, -0.1) is 0 Å². The number of nitrogens with one attached hydrogen (secondary N) is 1. The van der Waals surface area contributed by atoms with Crippen LogP contribution in [0.25, 0.3) is 10.9 Å². The molecule has 2 aromatic rings. The van der Waals surface area contributed by atoms with Gasteiger partial charge in [0.15, 0.2) is 0 Å². The van der Waals surface area contributed by atoms with E-state index in [9.17, 15) is 13.2 Å². The Bertz CT molecular complexity index is 828. The second-order valence-corrected chi connectivity index (χ2v) is 8.16.